The fraction of sp³-hybridized carbons (Fsp3) is 0.235. The Labute approximate surface area is 153 Å². The average Bonchev–Trinajstić information content (AvgIpc) is 3.04. The van der Waals surface area contributed by atoms with Crippen LogP contribution in [0.5, 0.6) is 17.2 Å². The minimum absolute atomic E-state index is 0.176. The summed E-state index contributed by atoms with van der Waals surface area (Å²) in [5, 5.41) is 0. The second-order valence-electron chi connectivity index (χ2n) is 5.23. The Balaban J connectivity index is 1.95. The van der Waals surface area contributed by atoms with Gasteiger partial charge in [0, 0.05) is 0 Å². The monoisotopic (exact) mass is 432 g/mol. The number of nitrogens with one attached hydrogen (secondary N) is 1. The van der Waals surface area contributed by atoms with Crippen LogP contribution in [0.4, 0.5) is 13.2 Å². The number of imidazole rings is 1. The Morgan fingerprint density at radius 2 is 1.58 bits per heavy atom. The predicted octanol–water partition coefficient (Wildman–Crippen LogP) is 2.26. The van der Waals surface area contributed by atoms with Crippen molar-refractivity contribution in [3.05, 3.63) is 36.2 Å². The number of hydrogen-bond donors (Lipinski definition) is 1. The van der Waals surface area contributed by atoms with Crippen LogP contribution in [0.3, 0.4) is 0 Å². The van der Waals surface area contributed by atoms with Crippen molar-refractivity contribution in [2.45, 2.75) is 6.18 Å². The van der Waals surface area contributed by atoms with Gasteiger partial charge in [0.05, 0.1) is 0 Å². The first-order chi connectivity index (χ1) is 12.4. The van der Waals surface area contributed by atoms with Gasteiger partial charge in [-0.05, 0) is 0 Å². The predicted molar refractivity (Wildman–Crippen MR) is 92.2 cm³/mol. The van der Waals surface area contributed by atoms with Gasteiger partial charge in [0.1, 0.15) is 0 Å². The molecule has 5 nitrogen and oxygen atoms in total. The summed E-state index contributed by atoms with van der Waals surface area (Å²) in [5.41, 5.74) is 0.630. The van der Waals surface area contributed by atoms with Crippen LogP contribution in [0.25, 0.3) is 11.0 Å². The normalized spacial score (nSPS) is 11.6. The van der Waals surface area contributed by atoms with Crippen LogP contribution in [0.1, 0.15) is 5.82 Å². The van der Waals surface area contributed by atoms with E-state index in [1.165, 1.54) is 21.3 Å². The number of ether oxygens (including phenoxy) is 3. The molecule has 1 aromatic heterocycles. The van der Waals surface area contributed by atoms with E-state index in [1.807, 2.05) is 12.1 Å². The number of methoxy groups -OCH3 is 3. The third-order valence-electron chi connectivity index (χ3n) is 3.60. The van der Waals surface area contributed by atoms with Crippen molar-refractivity contribution in [2.75, 3.05) is 21.3 Å². The van der Waals surface area contributed by atoms with Gasteiger partial charge in [-0.25, -0.2) is 0 Å². The van der Waals surface area contributed by atoms with Crippen molar-refractivity contribution >= 4 is 34.9 Å². The molecule has 3 aromatic rings. The van der Waals surface area contributed by atoms with Crippen molar-refractivity contribution in [3.8, 4) is 17.2 Å². The number of aromatic amines is 1. The molecule has 9 heteroatoms. The molecular formula is C17H15F3N2O3Se. The molecule has 0 aliphatic heterocycles. The molecule has 2 aromatic carbocycles. The fourth-order valence-electron chi connectivity index (χ4n) is 2.44. The van der Waals surface area contributed by atoms with Crippen molar-refractivity contribution in [1.29, 1.82) is 0 Å². The summed E-state index contributed by atoms with van der Waals surface area (Å²) in [6.45, 7) is 0. The second kappa shape index (κ2) is 7.09. The van der Waals surface area contributed by atoms with Crippen LogP contribution >= 0.6 is 0 Å². The van der Waals surface area contributed by atoms with Gasteiger partial charge in [0.2, 0.25) is 0 Å². The average molecular weight is 431 g/mol. The van der Waals surface area contributed by atoms with E-state index in [0.29, 0.717) is 22.8 Å². The quantitative estimate of drug-likeness (QED) is 0.630. The number of fused-ring (bicyclic) bond motifs is 1. The van der Waals surface area contributed by atoms with E-state index < -0.39 is 12.0 Å². The van der Waals surface area contributed by atoms with Gasteiger partial charge in [-0.3, -0.25) is 0 Å². The number of halogens is 3. The van der Waals surface area contributed by atoms with Crippen molar-refractivity contribution < 1.29 is 27.4 Å². The van der Waals surface area contributed by atoms with Crippen molar-refractivity contribution in [2.24, 2.45) is 0 Å². The Bertz CT molecular complexity index is 916. The molecule has 0 amide bonds. The van der Waals surface area contributed by atoms with Crippen LogP contribution in [0, 0.1) is 0 Å². The first kappa shape index (κ1) is 18.4. The van der Waals surface area contributed by atoms with Gasteiger partial charge < -0.3 is 0 Å². The third kappa shape index (κ3) is 3.59. The molecule has 0 unspecified atom stereocenters. The summed E-state index contributed by atoms with van der Waals surface area (Å²) in [7, 11) is 4.59. The molecule has 1 heterocycles. The number of rotatable bonds is 5. The van der Waals surface area contributed by atoms with E-state index in [-0.39, 0.29) is 20.5 Å². The van der Waals surface area contributed by atoms with E-state index in [9.17, 15) is 13.2 Å². The Morgan fingerprint density at radius 3 is 2.12 bits per heavy atom. The number of H-pyrrole nitrogens is 1. The summed E-state index contributed by atoms with van der Waals surface area (Å²) in [6.07, 6.45) is -4.50. The summed E-state index contributed by atoms with van der Waals surface area (Å²) < 4.78 is 56.1. The van der Waals surface area contributed by atoms with Crippen LogP contribution in [0.2, 0.25) is 0 Å². The van der Waals surface area contributed by atoms with Gasteiger partial charge in [-0.2, -0.15) is 0 Å². The molecule has 0 saturated heterocycles. The maximum absolute atomic E-state index is 12.8. The molecule has 0 aliphatic carbocycles. The number of nitrogens with zero attached hydrogens (tertiary/aromatic N) is 1. The first-order valence-corrected chi connectivity index (χ1v) is 9.12. The van der Waals surface area contributed by atoms with Crippen molar-refractivity contribution in [3.63, 3.8) is 0 Å². The van der Waals surface area contributed by atoms with Crippen molar-refractivity contribution in [1.82, 2.24) is 9.97 Å². The van der Waals surface area contributed by atoms with Crippen LogP contribution in [-0.4, -0.2) is 46.3 Å². The van der Waals surface area contributed by atoms with Gasteiger partial charge in [0.15, 0.2) is 0 Å². The van der Waals surface area contributed by atoms with Crippen LogP contribution in [0.15, 0.2) is 30.3 Å². The Morgan fingerprint density at radius 1 is 0.923 bits per heavy atom. The van der Waals surface area contributed by atoms with Gasteiger partial charge in [-0.15, -0.1) is 0 Å². The number of aromatic nitrogens is 2. The second-order valence-corrected chi connectivity index (χ2v) is 7.63. The SMILES string of the molecule is COc1cc([Se]c2ccc3nc(C(F)(F)F)[nH]c3c2)cc(OC)c1OC. The maximum atomic E-state index is 12.8. The zero-order valence-electron chi connectivity index (χ0n) is 14.1. The zero-order chi connectivity index (χ0) is 18.9. The summed E-state index contributed by atoms with van der Waals surface area (Å²) in [4.78, 5) is 5.91. The third-order valence-corrected chi connectivity index (χ3v) is 5.61. The minimum atomic E-state index is -4.50. The summed E-state index contributed by atoms with van der Waals surface area (Å²) in [6, 6.07) is 8.70. The molecule has 0 bridgehead atoms. The zero-order valence-corrected chi connectivity index (χ0v) is 15.8. The topological polar surface area (TPSA) is 56.4 Å². The molecule has 26 heavy (non-hydrogen) atoms. The summed E-state index contributed by atoms with van der Waals surface area (Å²) >= 11 is -0.176. The standard InChI is InChI=1S/C17H15F3N2O3Se/c1-23-13-7-10(8-14(24-2)15(13)25-3)26-9-4-5-11-12(6-9)22-16(21-11)17(18,19)20/h4-8H,1-3H3,(H,21,22). The van der Waals surface area contributed by atoms with E-state index >= 15 is 0 Å². The van der Waals surface area contributed by atoms with Gasteiger partial charge >= 0.3 is 153 Å². The van der Waals surface area contributed by atoms with E-state index in [1.54, 1.807) is 18.2 Å². The molecule has 0 spiro atoms. The number of alkyl halides is 3. The van der Waals surface area contributed by atoms with E-state index in [2.05, 4.69) is 9.97 Å². The van der Waals surface area contributed by atoms with Crippen LogP contribution < -0.4 is 23.1 Å². The molecule has 0 aliphatic rings. The van der Waals surface area contributed by atoms with E-state index in [4.69, 9.17) is 14.2 Å². The molecule has 0 fully saturated rings. The molecular weight excluding hydrogens is 416 g/mol. The molecule has 0 atom stereocenters. The number of hydrogen-bond acceptors (Lipinski definition) is 4. The summed E-state index contributed by atoms with van der Waals surface area (Å²) in [5.74, 6) is 0.565. The van der Waals surface area contributed by atoms with Crippen LogP contribution in [-0.2, 0) is 6.18 Å². The molecule has 0 saturated carbocycles. The molecule has 1 N–H and O–H groups in total. The van der Waals surface area contributed by atoms with Gasteiger partial charge in [-0.1, -0.05) is 0 Å². The Kier molecular flexibility index (Phi) is 5.02. The molecule has 3 rings (SSSR count). The van der Waals surface area contributed by atoms with E-state index in [0.717, 1.165) is 8.92 Å². The number of benzene rings is 2. The van der Waals surface area contributed by atoms with Gasteiger partial charge in [0.25, 0.3) is 0 Å². The Hall–Kier alpha value is -2.38. The molecule has 138 valence electrons. The fourth-order valence-corrected chi connectivity index (χ4v) is 4.36. The first-order valence-electron chi connectivity index (χ1n) is 7.40. The molecule has 0 radical (unpaired) electrons.